The lowest BCUT2D eigenvalue weighted by molar-refractivity contribution is 0.399. The molecule has 2 rings (SSSR count). The van der Waals surface area contributed by atoms with Crippen LogP contribution in [0, 0.1) is 5.82 Å². The lowest BCUT2D eigenvalue weighted by Gasteiger charge is -2.24. The summed E-state index contributed by atoms with van der Waals surface area (Å²) in [6.45, 7) is 0.976. The maximum atomic E-state index is 13.4. The first kappa shape index (κ1) is 10.1. The summed E-state index contributed by atoms with van der Waals surface area (Å²) in [4.78, 5) is 3.85. The van der Waals surface area contributed by atoms with Gasteiger partial charge in [0.1, 0.15) is 10.4 Å². The Labute approximate surface area is 91.1 Å². The van der Waals surface area contributed by atoms with Crippen LogP contribution in [0.1, 0.15) is 30.9 Å². The van der Waals surface area contributed by atoms with Gasteiger partial charge < -0.3 is 5.32 Å². The number of nitrogens with zero attached hydrogens (tertiary/aromatic N) is 1. The van der Waals surface area contributed by atoms with E-state index < -0.39 is 0 Å². The molecule has 1 aliphatic rings. The average Bonchev–Trinajstić information content (AvgIpc) is 2.23. The molecule has 1 N–H and O–H groups in total. The fourth-order valence-electron chi connectivity index (χ4n) is 1.81. The van der Waals surface area contributed by atoms with Crippen molar-refractivity contribution in [2.24, 2.45) is 0 Å². The molecule has 1 aliphatic heterocycles. The molecule has 14 heavy (non-hydrogen) atoms. The molecule has 0 spiro atoms. The molecule has 2 heterocycles. The molecule has 2 nitrogen and oxygen atoms in total. The minimum atomic E-state index is -0.215. The van der Waals surface area contributed by atoms with Crippen molar-refractivity contribution < 1.29 is 4.39 Å². The third-order valence-corrected chi connectivity index (χ3v) is 2.97. The van der Waals surface area contributed by atoms with Crippen molar-refractivity contribution in [3.05, 3.63) is 28.2 Å². The molecule has 0 amide bonds. The zero-order chi connectivity index (χ0) is 9.97. The molecule has 0 radical (unpaired) electrons. The van der Waals surface area contributed by atoms with Crippen LogP contribution in [-0.2, 0) is 0 Å². The molecule has 76 valence electrons. The van der Waals surface area contributed by atoms with Crippen LogP contribution in [0.25, 0.3) is 0 Å². The molecule has 0 aliphatic carbocycles. The molecule has 1 atom stereocenters. The Morgan fingerprint density at radius 1 is 1.50 bits per heavy atom. The quantitative estimate of drug-likeness (QED) is 0.784. The molecule has 0 bridgehead atoms. The molecule has 1 aromatic heterocycles. The summed E-state index contributed by atoms with van der Waals surface area (Å²) in [6, 6.07) is 1.92. The van der Waals surface area contributed by atoms with E-state index >= 15 is 0 Å². The third kappa shape index (κ3) is 2.12. The van der Waals surface area contributed by atoms with Crippen molar-refractivity contribution >= 4 is 15.9 Å². The third-order valence-electron chi connectivity index (χ3n) is 2.54. The predicted octanol–water partition coefficient (Wildman–Crippen LogP) is 2.80. The molecule has 1 fully saturated rings. The highest BCUT2D eigenvalue weighted by Crippen LogP contribution is 2.26. The van der Waals surface area contributed by atoms with E-state index in [4.69, 9.17) is 0 Å². The number of piperidine rings is 1. The van der Waals surface area contributed by atoms with Gasteiger partial charge in [-0.05, 0) is 41.4 Å². The van der Waals surface area contributed by atoms with Crippen LogP contribution < -0.4 is 5.32 Å². The first-order chi connectivity index (χ1) is 6.77. The lowest BCUT2D eigenvalue weighted by Crippen LogP contribution is -2.27. The summed E-state index contributed by atoms with van der Waals surface area (Å²) in [5.41, 5.74) is 0.728. The van der Waals surface area contributed by atoms with Gasteiger partial charge in [0.15, 0.2) is 0 Å². The maximum Gasteiger partial charge on any atom is 0.146 e. The van der Waals surface area contributed by atoms with Gasteiger partial charge in [-0.2, -0.15) is 0 Å². The summed E-state index contributed by atoms with van der Waals surface area (Å²) < 4.78 is 14.1. The number of nitrogens with one attached hydrogen (secondary N) is 1. The van der Waals surface area contributed by atoms with Crippen molar-refractivity contribution in [1.29, 1.82) is 0 Å². The minimum Gasteiger partial charge on any atom is -0.310 e. The summed E-state index contributed by atoms with van der Waals surface area (Å²) in [7, 11) is 0. The van der Waals surface area contributed by atoms with E-state index in [2.05, 4.69) is 26.2 Å². The second-order valence-corrected chi connectivity index (χ2v) is 4.34. The Balaban J connectivity index is 2.24. The lowest BCUT2D eigenvalue weighted by atomic mass is 9.98. The smallest absolute Gasteiger partial charge is 0.146 e. The SMILES string of the molecule is Fc1cnc(Br)cc1C1CCCCN1. The number of hydrogen-bond acceptors (Lipinski definition) is 2. The second kappa shape index (κ2) is 4.36. The van der Waals surface area contributed by atoms with Gasteiger partial charge in [-0.15, -0.1) is 0 Å². The molecule has 1 saturated heterocycles. The van der Waals surface area contributed by atoms with Gasteiger partial charge in [-0.25, -0.2) is 9.37 Å². The summed E-state index contributed by atoms with van der Waals surface area (Å²) >= 11 is 3.26. The van der Waals surface area contributed by atoms with Gasteiger partial charge in [-0.1, -0.05) is 6.42 Å². The Bertz CT molecular complexity index is 324. The Hall–Kier alpha value is -0.480. The van der Waals surface area contributed by atoms with Crippen LogP contribution in [-0.4, -0.2) is 11.5 Å². The molecule has 4 heteroatoms. The van der Waals surface area contributed by atoms with E-state index in [-0.39, 0.29) is 11.9 Å². The van der Waals surface area contributed by atoms with Crippen molar-refractivity contribution in [3.63, 3.8) is 0 Å². The zero-order valence-electron chi connectivity index (χ0n) is 7.76. The molecular formula is C10H12BrFN2. The van der Waals surface area contributed by atoms with Crippen molar-refractivity contribution in [2.75, 3.05) is 6.54 Å². The van der Waals surface area contributed by atoms with Gasteiger partial charge in [0.2, 0.25) is 0 Å². The summed E-state index contributed by atoms with van der Waals surface area (Å²) in [5, 5.41) is 3.31. The molecule has 1 unspecified atom stereocenters. The van der Waals surface area contributed by atoms with Crippen LogP contribution in [0.5, 0.6) is 0 Å². The molecular weight excluding hydrogens is 247 g/mol. The highest BCUT2D eigenvalue weighted by atomic mass is 79.9. The van der Waals surface area contributed by atoms with E-state index in [1.54, 1.807) is 6.07 Å². The zero-order valence-corrected chi connectivity index (χ0v) is 9.35. The van der Waals surface area contributed by atoms with Gasteiger partial charge in [-0.3, -0.25) is 0 Å². The molecule has 0 aromatic carbocycles. The standard InChI is InChI=1S/C10H12BrFN2/c11-10-5-7(8(12)6-14-10)9-3-1-2-4-13-9/h5-6,9,13H,1-4H2. The average molecular weight is 259 g/mol. The van der Waals surface area contributed by atoms with Crippen molar-refractivity contribution in [1.82, 2.24) is 10.3 Å². The number of pyridine rings is 1. The van der Waals surface area contributed by atoms with Gasteiger partial charge in [0.25, 0.3) is 0 Å². The largest absolute Gasteiger partial charge is 0.310 e. The first-order valence-electron chi connectivity index (χ1n) is 4.81. The van der Waals surface area contributed by atoms with Crippen LogP contribution in [0.2, 0.25) is 0 Å². The van der Waals surface area contributed by atoms with Gasteiger partial charge >= 0.3 is 0 Å². The predicted molar refractivity (Wildman–Crippen MR) is 56.5 cm³/mol. The monoisotopic (exact) mass is 258 g/mol. The Morgan fingerprint density at radius 2 is 2.36 bits per heavy atom. The minimum absolute atomic E-state index is 0.156. The highest BCUT2D eigenvalue weighted by Gasteiger charge is 2.18. The maximum absolute atomic E-state index is 13.4. The number of rotatable bonds is 1. The van der Waals surface area contributed by atoms with Crippen molar-refractivity contribution in [3.8, 4) is 0 Å². The van der Waals surface area contributed by atoms with E-state index in [0.717, 1.165) is 24.9 Å². The normalized spacial score (nSPS) is 22.3. The summed E-state index contributed by atoms with van der Waals surface area (Å²) in [5.74, 6) is -0.215. The second-order valence-electron chi connectivity index (χ2n) is 3.53. The van der Waals surface area contributed by atoms with E-state index in [1.165, 1.54) is 12.6 Å². The summed E-state index contributed by atoms with van der Waals surface area (Å²) in [6.07, 6.45) is 4.63. The van der Waals surface area contributed by atoms with E-state index in [0.29, 0.717) is 4.60 Å². The molecule has 0 saturated carbocycles. The first-order valence-corrected chi connectivity index (χ1v) is 5.61. The van der Waals surface area contributed by atoms with Crippen LogP contribution in [0.4, 0.5) is 4.39 Å². The highest BCUT2D eigenvalue weighted by molar-refractivity contribution is 9.10. The fraction of sp³-hybridized carbons (Fsp3) is 0.500. The van der Waals surface area contributed by atoms with E-state index in [1.807, 2.05) is 0 Å². The van der Waals surface area contributed by atoms with Gasteiger partial charge in [0, 0.05) is 11.6 Å². The van der Waals surface area contributed by atoms with Crippen LogP contribution in [0.3, 0.4) is 0 Å². The number of aromatic nitrogens is 1. The Kier molecular flexibility index (Phi) is 3.13. The van der Waals surface area contributed by atoms with Crippen LogP contribution in [0.15, 0.2) is 16.9 Å². The Morgan fingerprint density at radius 3 is 3.07 bits per heavy atom. The topological polar surface area (TPSA) is 24.9 Å². The number of halogens is 2. The number of hydrogen-bond donors (Lipinski definition) is 1. The van der Waals surface area contributed by atoms with Crippen LogP contribution >= 0.6 is 15.9 Å². The van der Waals surface area contributed by atoms with E-state index in [9.17, 15) is 4.39 Å². The van der Waals surface area contributed by atoms with Crippen molar-refractivity contribution in [2.45, 2.75) is 25.3 Å². The van der Waals surface area contributed by atoms with Gasteiger partial charge in [0.05, 0.1) is 6.20 Å². The fourth-order valence-corrected chi connectivity index (χ4v) is 2.16. The molecule has 1 aromatic rings.